The molecule has 3 heteroatoms. The number of hydrogen-bond acceptors (Lipinski definition) is 3. The maximum absolute atomic E-state index is 4.67. The van der Waals surface area contributed by atoms with Gasteiger partial charge < -0.3 is 5.32 Å². The largest absolute Gasteiger partial charge is 0.373 e. The summed E-state index contributed by atoms with van der Waals surface area (Å²) >= 11 is 0. The molecule has 1 aromatic carbocycles. The highest BCUT2D eigenvalue weighted by Crippen LogP contribution is 2.15. The Labute approximate surface area is 121 Å². The summed E-state index contributed by atoms with van der Waals surface area (Å²) in [7, 11) is 1.90. The molecule has 2 rings (SSSR count). The Morgan fingerprint density at radius 1 is 1.05 bits per heavy atom. The smallest absolute Gasteiger partial charge is 0.135 e. The van der Waals surface area contributed by atoms with E-state index in [1.54, 1.807) is 0 Å². The maximum Gasteiger partial charge on any atom is 0.135 e. The van der Waals surface area contributed by atoms with Crippen LogP contribution in [0.2, 0.25) is 0 Å². The first-order valence-electron chi connectivity index (χ1n) is 7.23. The Morgan fingerprint density at radius 3 is 2.50 bits per heavy atom. The number of nitrogens with one attached hydrogen (secondary N) is 1. The normalized spacial score (nSPS) is 10.6. The highest BCUT2D eigenvalue weighted by Gasteiger charge is 2.05. The summed E-state index contributed by atoms with van der Waals surface area (Å²) in [5.41, 5.74) is 5.03. The van der Waals surface area contributed by atoms with Crippen LogP contribution in [-0.2, 0) is 12.8 Å². The first-order chi connectivity index (χ1) is 9.62. The van der Waals surface area contributed by atoms with E-state index < -0.39 is 0 Å². The summed E-state index contributed by atoms with van der Waals surface area (Å²) in [6, 6.07) is 8.59. The van der Waals surface area contributed by atoms with Crippen molar-refractivity contribution in [3.05, 3.63) is 52.5 Å². The van der Waals surface area contributed by atoms with Crippen molar-refractivity contribution < 1.29 is 0 Å². The average Bonchev–Trinajstić information content (AvgIpc) is 2.43. The van der Waals surface area contributed by atoms with E-state index in [-0.39, 0.29) is 0 Å². The van der Waals surface area contributed by atoms with Crippen molar-refractivity contribution in [2.24, 2.45) is 0 Å². The number of rotatable bonds is 5. The van der Waals surface area contributed by atoms with Crippen molar-refractivity contribution >= 4 is 5.82 Å². The SMILES string of the molecule is CCCc1cc(NC)nc(Cc2ccc(C)c(C)c2)n1. The lowest BCUT2D eigenvalue weighted by Crippen LogP contribution is -2.04. The number of benzene rings is 1. The van der Waals surface area contributed by atoms with Crippen molar-refractivity contribution in [1.82, 2.24) is 9.97 Å². The van der Waals surface area contributed by atoms with Gasteiger partial charge in [0.1, 0.15) is 11.6 Å². The van der Waals surface area contributed by atoms with Gasteiger partial charge in [0, 0.05) is 25.2 Å². The average molecular weight is 269 g/mol. The number of nitrogens with zero attached hydrogens (tertiary/aromatic N) is 2. The van der Waals surface area contributed by atoms with Gasteiger partial charge in [-0.2, -0.15) is 0 Å². The quantitative estimate of drug-likeness (QED) is 0.899. The Morgan fingerprint density at radius 2 is 1.85 bits per heavy atom. The van der Waals surface area contributed by atoms with E-state index in [2.05, 4.69) is 54.3 Å². The van der Waals surface area contributed by atoms with Gasteiger partial charge in [0.15, 0.2) is 0 Å². The summed E-state index contributed by atoms with van der Waals surface area (Å²) in [5.74, 6) is 1.80. The van der Waals surface area contributed by atoms with E-state index in [1.165, 1.54) is 16.7 Å². The van der Waals surface area contributed by atoms with Crippen LogP contribution >= 0.6 is 0 Å². The molecule has 0 spiro atoms. The zero-order valence-corrected chi connectivity index (χ0v) is 12.8. The summed E-state index contributed by atoms with van der Waals surface area (Å²) < 4.78 is 0. The third-order valence-corrected chi connectivity index (χ3v) is 3.52. The lowest BCUT2D eigenvalue weighted by molar-refractivity contribution is 0.842. The number of hydrogen-bond donors (Lipinski definition) is 1. The van der Waals surface area contributed by atoms with Gasteiger partial charge in [-0.05, 0) is 37.0 Å². The molecule has 106 valence electrons. The molecule has 0 fully saturated rings. The molecular weight excluding hydrogens is 246 g/mol. The topological polar surface area (TPSA) is 37.8 Å². The van der Waals surface area contributed by atoms with Gasteiger partial charge >= 0.3 is 0 Å². The van der Waals surface area contributed by atoms with Crippen molar-refractivity contribution in [2.75, 3.05) is 12.4 Å². The van der Waals surface area contributed by atoms with Gasteiger partial charge in [-0.25, -0.2) is 9.97 Å². The Balaban J connectivity index is 2.27. The fourth-order valence-corrected chi connectivity index (χ4v) is 2.24. The molecule has 0 radical (unpaired) electrons. The molecule has 0 saturated heterocycles. The minimum atomic E-state index is 0.785. The van der Waals surface area contributed by atoms with Gasteiger partial charge in [0.05, 0.1) is 0 Å². The second-order valence-electron chi connectivity index (χ2n) is 5.26. The van der Waals surface area contributed by atoms with E-state index in [0.717, 1.165) is 36.6 Å². The van der Waals surface area contributed by atoms with Gasteiger partial charge in [-0.1, -0.05) is 31.5 Å². The van der Waals surface area contributed by atoms with Crippen LogP contribution < -0.4 is 5.32 Å². The molecule has 20 heavy (non-hydrogen) atoms. The summed E-state index contributed by atoms with van der Waals surface area (Å²) in [4.78, 5) is 9.23. The van der Waals surface area contributed by atoms with Crippen LogP contribution in [0.15, 0.2) is 24.3 Å². The second kappa shape index (κ2) is 6.51. The molecule has 1 N–H and O–H groups in total. The predicted molar refractivity (Wildman–Crippen MR) is 84.3 cm³/mol. The highest BCUT2D eigenvalue weighted by atomic mass is 15.0. The molecule has 0 amide bonds. The molecule has 1 aromatic heterocycles. The monoisotopic (exact) mass is 269 g/mol. The van der Waals surface area contributed by atoms with Crippen molar-refractivity contribution in [3.8, 4) is 0 Å². The molecule has 0 aliphatic carbocycles. The Bertz CT molecular complexity index is 591. The minimum absolute atomic E-state index is 0.785. The van der Waals surface area contributed by atoms with E-state index in [4.69, 9.17) is 0 Å². The van der Waals surface area contributed by atoms with E-state index >= 15 is 0 Å². The third-order valence-electron chi connectivity index (χ3n) is 3.52. The van der Waals surface area contributed by atoms with E-state index in [1.807, 2.05) is 13.1 Å². The van der Waals surface area contributed by atoms with Crippen LogP contribution in [0.1, 0.15) is 41.6 Å². The summed E-state index contributed by atoms with van der Waals surface area (Å²) in [6.07, 6.45) is 2.88. The summed E-state index contributed by atoms with van der Waals surface area (Å²) in [6.45, 7) is 6.45. The van der Waals surface area contributed by atoms with Gasteiger partial charge in [0.25, 0.3) is 0 Å². The van der Waals surface area contributed by atoms with Gasteiger partial charge in [0.2, 0.25) is 0 Å². The molecule has 0 bridgehead atoms. The number of aromatic nitrogens is 2. The van der Waals surface area contributed by atoms with Gasteiger partial charge in [-0.15, -0.1) is 0 Å². The van der Waals surface area contributed by atoms with Crippen molar-refractivity contribution in [3.63, 3.8) is 0 Å². The fraction of sp³-hybridized carbons (Fsp3) is 0.412. The van der Waals surface area contributed by atoms with Crippen LogP contribution in [0.3, 0.4) is 0 Å². The lowest BCUT2D eigenvalue weighted by atomic mass is 10.0. The van der Waals surface area contributed by atoms with Crippen LogP contribution in [0.5, 0.6) is 0 Å². The lowest BCUT2D eigenvalue weighted by Gasteiger charge is -2.08. The standard InChI is InChI=1S/C17H23N3/c1-5-6-15-11-16(18-4)20-17(19-15)10-14-8-7-12(2)13(3)9-14/h7-9,11H,5-6,10H2,1-4H3,(H,18,19,20). The fourth-order valence-electron chi connectivity index (χ4n) is 2.24. The molecular formula is C17H23N3. The van der Waals surface area contributed by atoms with Crippen molar-refractivity contribution in [1.29, 1.82) is 0 Å². The molecule has 2 aromatic rings. The molecule has 0 unspecified atom stereocenters. The number of aryl methyl sites for hydroxylation is 3. The Kier molecular flexibility index (Phi) is 4.72. The molecule has 0 saturated carbocycles. The summed E-state index contributed by atoms with van der Waals surface area (Å²) in [5, 5.41) is 3.12. The van der Waals surface area contributed by atoms with E-state index in [9.17, 15) is 0 Å². The second-order valence-corrected chi connectivity index (χ2v) is 5.26. The molecule has 1 heterocycles. The highest BCUT2D eigenvalue weighted by molar-refractivity contribution is 5.37. The molecule has 0 atom stereocenters. The van der Waals surface area contributed by atoms with Crippen LogP contribution in [0, 0.1) is 13.8 Å². The first-order valence-corrected chi connectivity index (χ1v) is 7.23. The first kappa shape index (κ1) is 14.5. The van der Waals surface area contributed by atoms with Crippen molar-refractivity contribution in [2.45, 2.75) is 40.0 Å². The zero-order chi connectivity index (χ0) is 14.5. The van der Waals surface area contributed by atoms with Crippen LogP contribution in [0.4, 0.5) is 5.82 Å². The van der Waals surface area contributed by atoms with Crippen LogP contribution in [-0.4, -0.2) is 17.0 Å². The van der Waals surface area contributed by atoms with Crippen LogP contribution in [0.25, 0.3) is 0 Å². The maximum atomic E-state index is 4.67. The van der Waals surface area contributed by atoms with E-state index in [0.29, 0.717) is 0 Å². The molecule has 3 nitrogen and oxygen atoms in total. The molecule has 0 aliphatic heterocycles. The Hall–Kier alpha value is -1.90. The molecule has 0 aliphatic rings. The zero-order valence-electron chi connectivity index (χ0n) is 12.8. The minimum Gasteiger partial charge on any atom is -0.373 e. The van der Waals surface area contributed by atoms with Gasteiger partial charge in [-0.3, -0.25) is 0 Å². The number of anilines is 1. The third kappa shape index (κ3) is 3.56. The predicted octanol–water partition coefficient (Wildman–Crippen LogP) is 3.68.